The SMILES string of the molecule is C1=CC(n2c3ccccc3c3ccccc32)=CC(c2cccc(-c3ccc4nc5oc6ccc7ccccc7c6c5nc4c3)c2)C1. The Hall–Kier alpha value is -6.00. The molecule has 10 rings (SSSR count). The third-order valence-corrected chi connectivity index (χ3v) is 9.50. The van der Waals surface area contributed by atoms with Crippen molar-refractivity contribution in [1.29, 1.82) is 0 Å². The van der Waals surface area contributed by atoms with E-state index in [1.165, 1.54) is 38.6 Å². The standard InChI is InChI=1S/C42H27N3O/c1-2-14-32-26(9-1)20-22-39-40(32)41-42(46-39)44-35-21-19-30(25-36(35)43-41)28-11-7-10-27(23-28)29-12-8-13-31(24-29)45-37-17-5-3-15-33(37)34-16-4-6-18-38(34)45/h1-11,13-25,29H,12H2. The lowest BCUT2D eigenvalue weighted by Crippen LogP contribution is -2.04. The van der Waals surface area contributed by atoms with Crippen LogP contribution in [0, 0.1) is 0 Å². The molecule has 6 aromatic carbocycles. The molecule has 1 aliphatic rings. The molecule has 0 bridgehead atoms. The summed E-state index contributed by atoms with van der Waals surface area (Å²) in [7, 11) is 0. The maximum atomic E-state index is 6.16. The summed E-state index contributed by atoms with van der Waals surface area (Å²) in [4.78, 5) is 10.0. The Morgan fingerprint density at radius 1 is 0.630 bits per heavy atom. The Labute approximate surface area is 264 Å². The van der Waals surface area contributed by atoms with E-state index >= 15 is 0 Å². The molecule has 0 amide bonds. The maximum absolute atomic E-state index is 6.16. The molecule has 4 nitrogen and oxygen atoms in total. The zero-order valence-corrected chi connectivity index (χ0v) is 24.9. The van der Waals surface area contributed by atoms with Crippen molar-refractivity contribution in [3.8, 4) is 11.1 Å². The van der Waals surface area contributed by atoms with E-state index in [0.29, 0.717) is 5.71 Å². The minimum Gasteiger partial charge on any atom is -0.436 e. The van der Waals surface area contributed by atoms with E-state index in [1.807, 2.05) is 6.07 Å². The lowest BCUT2D eigenvalue weighted by Gasteiger charge is -2.20. The zero-order valence-electron chi connectivity index (χ0n) is 24.9. The van der Waals surface area contributed by atoms with Crippen LogP contribution in [0.3, 0.4) is 0 Å². The van der Waals surface area contributed by atoms with Crippen molar-refractivity contribution in [1.82, 2.24) is 14.5 Å². The van der Waals surface area contributed by atoms with Gasteiger partial charge in [0.15, 0.2) is 0 Å². The molecule has 1 aliphatic carbocycles. The number of allylic oxidation sites excluding steroid dienone is 4. The average Bonchev–Trinajstić information content (AvgIpc) is 3.66. The van der Waals surface area contributed by atoms with Crippen molar-refractivity contribution in [2.24, 2.45) is 0 Å². The van der Waals surface area contributed by atoms with Gasteiger partial charge < -0.3 is 8.98 Å². The molecular formula is C42H27N3O. The molecule has 46 heavy (non-hydrogen) atoms. The molecule has 3 heterocycles. The van der Waals surface area contributed by atoms with Gasteiger partial charge in [0, 0.05) is 22.4 Å². The number of hydrogen-bond acceptors (Lipinski definition) is 3. The first kappa shape index (κ1) is 25.3. The third-order valence-electron chi connectivity index (χ3n) is 9.50. The number of nitrogens with zero attached hydrogens (tertiary/aromatic N) is 3. The second kappa shape index (κ2) is 9.75. The number of hydrogen-bond donors (Lipinski definition) is 0. The lowest BCUT2D eigenvalue weighted by atomic mass is 9.89. The number of aromatic nitrogens is 3. The molecule has 0 N–H and O–H groups in total. The molecule has 216 valence electrons. The monoisotopic (exact) mass is 589 g/mol. The first-order chi connectivity index (χ1) is 22.8. The molecular weight excluding hydrogens is 562 g/mol. The summed E-state index contributed by atoms with van der Waals surface area (Å²) in [5, 5.41) is 5.88. The van der Waals surface area contributed by atoms with Crippen molar-refractivity contribution in [3.63, 3.8) is 0 Å². The smallest absolute Gasteiger partial charge is 0.246 e. The van der Waals surface area contributed by atoms with E-state index in [1.54, 1.807) is 0 Å². The van der Waals surface area contributed by atoms with Crippen LogP contribution in [-0.4, -0.2) is 14.5 Å². The maximum Gasteiger partial charge on any atom is 0.246 e. The number of para-hydroxylation sites is 2. The van der Waals surface area contributed by atoms with Crippen molar-refractivity contribution < 1.29 is 4.42 Å². The minimum atomic E-state index is 0.269. The predicted molar refractivity (Wildman–Crippen MR) is 190 cm³/mol. The van der Waals surface area contributed by atoms with Gasteiger partial charge >= 0.3 is 0 Å². The first-order valence-corrected chi connectivity index (χ1v) is 15.8. The van der Waals surface area contributed by atoms with E-state index < -0.39 is 0 Å². The summed E-state index contributed by atoms with van der Waals surface area (Å²) >= 11 is 0. The summed E-state index contributed by atoms with van der Waals surface area (Å²) in [6.45, 7) is 0. The van der Waals surface area contributed by atoms with E-state index in [4.69, 9.17) is 14.4 Å². The van der Waals surface area contributed by atoms with Crippen LogP contribution < -0.4 is 0 Å². The fraction of sp³-hybridized carbons (Fsp3) is 0.0476. The Kier molecular flexibility index (Phi) is 5.37. The topological polar surface area (TPSA) is 43.9 Å². The van der Waals surface area contributed by atoms with Crippen LogP contribution in [0.25, 0.3) is 82.6 Å². The molecule has 0 aliphatic heterocycles. The molecule has 9 aromatic rings. The van der Waals surface area contributed by atoms with Crippen LogP contribution in [-0.2, 0) is 0 Å². The Bertz CT molecular complexity index is 2690. The zero-order chi connectivity index (χ0) is 30.2. The summed E-state index contributed by atoms with van der Waals surface area (Å²) in [5.41, 5.74) is 11.2. The summed E-state index contributed by atoms with van der Waals surface area (Å²) < 4.78 is 8.57. The highest BCUT2D eigenvalue weighted by Crippen LogP contribution is 2.38. The number of fused-ring (bicyclic) bond motifs is 9. The molecule has 0 radical (unpaired) electrons. The average molecular weight is 590 g/mol. The summed E-state index contributed by atoms with van der Waals surface area (Å²) in [6.07, 6.45) is 7.97. The van der Waals surface area contributed by atoms with Gasteiger partial charge in [-0.1, -0.05) is 109 Å². The molecule has 1 atom stereocenters. The van der Waals surface area contributed by atoms with Crippen LogP contribution in [0.4, 0.5) is 0 Å². The van der Waals surface area contributed by atoms with Crippen LogP contribution in [0.2, 0.25) is 0 Å². The second-order valence-corrected chi connectivity index (χ2v) is 12.2. The van der Waals surface area contributed by atoms with Crippen molar-refractivity contribution >= 4 is 71.5 Å². The highest BCUT2D eigenvalue weighted by atomic mass is 16.3. The van der Waals surface area contributed by atoms with Gasteiger partial charge in [0.25, 0.3) is 0 Å². The molecule has 3 aromatic heterocycles. The van der Waals surface area contributed by atoms with Gasteiger partial charge in [0.05, 0.1) is 27.5 Å². The Morgan fingerprint density at radius 2 is 1.39 bits per heavy atom. The Balaban J connectivity index is 1.06. The van der Waals surface area contributed by atoms with Crippen LogP contribution in [0.5, 0.6) is 0 Å². The summed E-state index contributed by atoms with van der Waals surface area (Å²) in [6, 6.07) is 45.2. The van der Waals surface area contributed by atoms with Gasteiger partial charge in [-0.2, -0.15) is 0 Å². The van der Waals surface area contributed by atoms with E-state index in [2.05, 4.69) is 144 Å². The van der Waals surface area contributed by atoms with Gasteiger partial charge in [-0.3, -0.25) is 0 Å². The first-order valence-electron chi connectivity index (χ1n) is 15.8. The van der Waals surface area contributed by atoms with E-state index in [9.17, 15) is 0 Å². The van der Waals surface area contributed by atoms with Gasteiger partial charge in [-0.15, -0.1) is 0 Å². The number of rotatable bonds is 3. The Morgan fingerprint density at radius 3 is 2.24 bits per heavy atom. The van der Waals surface area contributed by atoms with Crippen LogP contribution in [0.1, 0.15) is 17.9 Å². The van der Waals surface area contributed by atoms with Gasteiger partial charge in [0.2, 0.25) is 5.71 Å². The minimum absolute atomic E-state index is 0.269. The van der Waals surface area contributed by atoms with Crippen LogP contribution in [0.15, 0.2) is 150 Å². The highest BCUT2D eigenvalue weighted by Gasteiger charge is 2.18. The fourth-order valence-corrected chi connectivity index (χ4v) is 7.33. The second-order valence-electron chi connectivity index (χ2n) is 12.2. The van der Waals surface area contributed by atoms with Gasteiger partial charge in [-0.25, -0.2) is 9.97 Å². The quantitative estimate of drug-likeness (QED) is 0.206. The lowest BCUT2D eigenvalue weighted by molar-refractivity contribution is 0.655. The highest BCUT2D eigenvalue weighted by molar-refractivity contribution is 6.17. The predicted octanol–water partition coefficient (Wildman–Crippen LogP) is 11.0. The van der Waals surface area contributed by atoms with E-state index in [0.717, 1.165) is 50.3 Å². The molecule has 0 saturated heterocycles. The van der Waals surface area contributed by atoms with E-state index in [-0.39, 0.29) is 5.92 Å². The normalized spacial score (nSPS) is 15.1. The molecule has 0 saturated carbocycles. The third kappa shape index (κ3) is 3.80. The van der Waals surface area contributed by atoms with Crippen molar-refractivity contribution in [3.05, 3.63) is 151 Å². The largest absolute Gasteiger partial charge is 0.436 e. The summed E-state index contributed by atoms with van der Waals surface area (Å²) in [5.74, 6) is 0.269. The molecule has 0 fully saturated rings. The van der Waals surface area contributed by atoms with Crippen LogP contribution >= 0.6 is 0 Å². The molecule has 1 unspecified atom stereocenters. The molecule has 0 spiro atoms. The van der Waals surface area contributed by atoms with Gasteiger partial charge in [0.1, 0.15) is 11.1 Å². The number of benzene rings is 6. The molecule has 4 heteroatoms. The number of furan rings is 1. The van der Waals surface area contributed by atoms with Gasteiger partial charge in [-0.05, 0) is 70.3 Å². The van der Waals surface area contributed by atoms with Crippen molar-refractivity contribution in [2.45, 2.75) is 12.3 Å². The fourth-order valence-electron chi connectivity index (χ4n) is 7.33. The van der Waals surface area contributed by atoms with Crippen molar-refractivity contribution in [2.75, 3.05) is 0 Å².